The number of unbranched alkanes of at least 4 members (excludes halogenated alkanes) is 1. The summed E-state index contributed by atoms with van der Waals surface area (Å²) in [6.45, 7) is 6.67. The van der Waals surface area contributed by atoms with E-state index in [9.17, 15) is 18.0 Å². The second kappa shape index (κ2) is 8.98. The van der Waals surface area contributed by atoms with Crippen LogP contribution in [0.1, 0.15) is 33.6 Å². The number of carbonyl (C=O) groups is 1. The summed E-state index contributed by atoms with van der Waals surface area (Å²) in [5, 5.41) is 0. The zero-order chi connectivity index (χ0) is 18.3. The van der Waals surface area contributed by atoms with Gasteiger partial charge >= 0.3 is 0 Å². The van der Waals surface area contributed by atoms with Crippen molar-refractivity contribution in [2.75, 3.05) is 26.7 Å². The van der Waals surface area contributed by atoms with E-state index in [2.05, 4.69) is 0 Å². The lowest BCUT2D eigenvalue weighted by atomic mass is 10.3. The summed E-state index contributed by atoms with van der Waals surface area (Å²) in [6, 6.07) is 2.48. The van der Waals surface area contributed by atoms with E-state index in [4.69, 9.17) is 0 Å². The Bertz CT molecular complexity index is 708. The van der Waals surface area contributed by atoms with Gasteiger partial charge in [0.25, 0.3) is 5.56 Å². The van der Waals surface area contributed by atoms with E-state index in [0.717, 1.165) is 17.4 Å². The van der Waals surface area contributed by atoms with Gasteiger partial charge in [-0.2, -0.15) is 4.31 Å². The van der Waals surface area contributed by atoms with E-state index in [-0.39, 0.29) is 17.3 Å². The summed E-state index contributed by atoms with van der Waals surface area (Å²) in [5.41, 5.74) is -0.397. The minimum atomic E-state index is -3.66. The van der Waals surface area contributed by atoms with E-state index < -0.39 is 15.6 Å². The van der Waals surface area contributed by atoms with E-state index >= 15 is 0 Å². The fourth-order valence-electron chi connectivity index (χ4n) is 2.28. The normalized spacial score (nSPS) is 11.7. The first-order valence-electron chi connectivity index (χ1n) is 8.22. The van der Waals surface area contributed by atoms with Crippen LogP contribution in [-0.4, -0.2) is 54.8 Å². The van der Waals surface area contributed by atoms with Crippen LogP contribution >= 0.6 is 0 Å². The Morgan fingerprint density at radius 3 is 2.33 bits per heavy atom. The Morgan fingerprint density at radius 2 is 1.79 bits per heavy atom. The smallest absolute Gasteiger partial charge is 0.251 e. The number of likely N-dealkylation sites (N-methyl/N-ethyl adjacent to an activating group) is 1. The van der Waals surface area contributed by atoms with Crippen LogP contribution < -0.4 is 5.56 Å². The molecule has 0 aliphatic rings. The highest BCUT2D eigenvalue weighted by Crippen LogP contribution is 2.13. The SMILES string of the molecule is CCCCN(C)C(=O)Cn1cc(S(=O)(=O)N(CC)CC)ccc1=O. The molecule has 1 aromatic rings. The van der Waals surface area contributed by atoms with Crippen LogP contribution in [0, 0.1) is 0 Å². The minimum Gasteiger partial charge on any atom is -0.344 e. The molecule has 24 heavy (non-hydrogen) atoms. The van der Waals surface area contributed by atoms with Gasteiger partial charge in [0.1, 0.15) is 6.54 Å². The second-order valence-corrected chi connectivity index (χ2v) is 7.53. The highest BCUT2D eigenvalue weighted by molar-refractivity contribution is 7.89. The Kier molecular flexibility index (Phi) is 7.62. The average Bonchev–Trinajstić information content (AvgIpc) is 2.55. The van der Waals surface area contributed by atoms with Crippen LogP contribution in [0.15, 0.2) is 28.0 Å². The fraction of sp³-hybridized carbons (Fsp3) is 0.625. The lowest BCUT2D eigenvalue weighted by molar-refractivity contribution is -0.130. The van der Waals surface area contributed by atoms with Gasteiger partial charge in [0.15, 0.2) is 0 Å². The first-order chi connectivity index (χ1) is 11.3. The predicted octanol–water partition coefficient (Wildman–Crippen LogP) is 1.14. The molecule has 7 nitrogen and oxygen atoms in total. The molecule has 0 N–H and O–H groups in total. The lowest BCUT2D eigenvalue weighted by Crippen LogP contribution is -2.35. The molecular formula is C16H27N3O4S. The molecule has 0 radical (unpaired) electrons. The number of carbonyl (C=O) groups excluding carboxylic acids is 1. The van der Waals surface area contributed by atoms with Crippen molar-refractivity contribution in [2.24, 2.45) is 0 Å². The van der Waals surface area contributed by atoms with Gasteiger partial charge in [-0.05, 0) is 12.5 Å². The molecule has 0 fully saturated rings. The van der Waals surface area contributed by atoms with Gasteiger partial charge in [0, 0.05) is 38.9 Å². The third-order valence-corrected chi connectivity index (χ3v) is 5.91. The van der Waals surface area contributed by atoms with E-state index in [1.807, 2.05) is 6.92 Å². The highest BCUT2D eigenvalue weighted by Gasteiger charge is 2.22. The number of pyridine rings is 1. The number of aromatic nitrogens is 1. The summed E-state index contributed by atoms with van der Waals surface area (Å²) in [4.78, 5) is 25.7. The predicted molar refractivity (Wildman–Crippen MR) is 93.4 cm³/mol. The van der Waals surface area contributed by atoms with E-state index in [1.165, 1.54) is 22.6 Å². The monoisotopic (exact) mass is 357 g/mol. The van der Waals surface area contributed by atoms with E-state index in [1.54, 1.807) is 25.8 Å². The van der Waals surface area contributed by atoms with Crippen LogP contribution in [-0.2, 0) is 21.4 Å². The van der Waals surface area contributed by atoms with Crippen molar-refractivity contribution in [1.29, 1.82) is 0 Å². The number of hydrogen-bond donors (Lipinski definition) is 0. The van der Waals surface area contributed by atoms with Gasteiger partial charge in [0.2, 0.25) is 15.9 Å². The zero-order valence-electron chi connectivity index (χ0n) is 14.9. The molecule has 1 amide bonds. The molecule has 0 bridgehead atoms. The van der Waals surface area contributed by atoms with Crippen molar-refractivity contribution in [3.63, 3.8) is 0 Å². The van der Waals surface area contributed by atoms with Crippen LogP contribution in [0.5, 0.6) is 0 Å². The van der Waals surface area contributed by atoms with Crippen molar-refractivity contribution in [2.45, 2.75) is 45.1 Å². The van der Waals surface area contributed by atoms with E-state index in [0.29, 0.717) is 19.6 Å². The number of amides is 1. The fourth-order valence-corrected chi connectivity index (χ4v) is 3.76. The summed E-state index contributed by atoms with van der Waals surface area (Å²) < 4.78 is 27.5. The Balaban J connectivity index is 3.07. The molecular weight excluding hydrogens is 330 g/mol. The van der Waals surface area contributed by atoms with Crippen LogP contribution in [0.3, 0.4) is 0 Å². The molecule has 0 atom stereocenters. The number of sulfonamides is 1. The van der Waals surface area contributed by atoms with Crippen molar-refractivity contribution in [3.05, 3.63) is 28.7 Å². The number of rotatable bonds is 9. The zero-order valence-corrected chi connectivity index (χ0v) is 15.7. The molecule has 0 saturated carbocycles. The van der Waals surface area contributed by atoms with Crippen molar-refractivity contribution < 1.29 is 13.2 Å². The van der Waals surface area contributed by atoms with Crippen molar-refractivity contribution in [1.82, 2.24) is 13.8 Å². The molecule has 8 heteroatoms. The van der Waals surface area contributed by atoms with Crippen molar-refractivity contribution >= 4 is 15.9 Å². The topological polar surface area (TPSA) is 79.7 Å². The molecule has 0 saturated heterocycles. The quantitative estimate of drug-likeness (QED) is 0.664. The van der Waals surface area contributed by atoms with Gasteiger partial charge < -0.3 is 9.47 Å². The Morgan fingerprint density at radius 1 is 1.17 bits per heavy atom. The van der Waals surface area contributed by atoms with Gasteiger partial charge in [0.05, 0.1) is 4.90 Å². The van der Waals surface area contributed by atoms with Gasteiger partial charge in [-0.25, -0.2) is 8.42 Å². The maximum absolute atomic E-state index is 12.5. The summed E-state index contributed by atoms with van der Waals surface area (Å²) in [7, 11) is -1.98. The highest BCUT2D eigenvalue weighted by atomic mass is 32.2. The molecule has 0 spiro atoms. The number of hydrogen-bond acceptors (Lipinski definition) is 4. The lowest BCUT2D eigenvalue weighted by Gasteiger charge is -2.20. The minimum absolute atomic E-state index is 0.0230. The van der Waals surface area contributed by atoms with Crippen molar-refractivity contribution in [3.8, 4) is 0 Å². The molecule has 1 rings (SSSR count). The molecule has 1 heterocycles. The first kappa shape index (κ1) is 20.4. The van der Waals surface area contributed by atoms with Crippen LogP contribution in [0.4, 0.5) is 0 Å². The van der Waals surface area contributed by atoms with Gasteiger partial charge in [-0.3, -0.25) is 9.59 Å². The molecule has 0 aliphatic carbocycles. The van der Waals surface area contributed by atoms with Crippen LogP contribution in [0.25, 0.3) is 0 Å². The summed E-state index contributed by atoms with van der Waals surface area (Å²) in [6.07, 6.45) is 3.10. The molecule has 0 aromatic carbocycles. The number of nitrogens with zero attached hydrogens (tertiary/aromatic N) is 3. The standard InChI is InChI=1S/C16H27N3O4S/c1-5-8-11-17(4)16(21)13-18-12-14(9-10-15(18)20)24(22,23)19(6-2)7-3/h9-10,12H,5-8,11,13H2,1-4H3. The second-order valence-electron chi connectivity index (χ2n) is 5.59. The Hall–Kier alpha value is -1.67. The molecule has 0 aliphatic heterocycles. The van der Waals surface area contributed by atoms with Gasteiger partial charge in [-0.15, -0.1) is 0 Å². The third kappa shape index (κ3) is 4.91. The van der Waals surface area contributed by atoms with Gasteiger partial charge in [-0.1, -0.05) is 27.2 Å². The Labute approximate surface area is 143 Å². The van der Waals surface area contributed by atoms with Crippen LogP contribution in [0.2, 0.25) is 0 Å². The molecule has 1 aromatic heterocycles. The summed E-state index contributed by atoms with van der Waals surface area (Å²) in [5.74, 6) is -0.220. The maximum Gasteiger partial charge on any atom is 0.251 e. The largest absolute Gasteiger partial charge is 0.344 e. The average molecular weight is 357 g/mol. The first-order valence-corrected chi connectivity index (χ1v) is 9.66. The molecule has 0 unspecified atom stereocenters. The third-order valence-electron chi connectivity index (χ3n) is 3.88. The maximum atomic E-state index is 12.5. The molecule has 136 valence electrons. The summed E-state index contributed by atoms with van der Waals surface area (Å²) >= 11 is 0.